The normalized spacial score (nSPS) is 9.38. The molecule has 5 heteroatoms. The average molecular weight is 331 g/mol. The van der Waals surface area contributed by atoms with E-state index in [0.29, 0.717) is 27.1 Å². The van der Waals surface area contributed by atoms with Crippen LogP contribution in [0.25, 0.3) is 0 Å². The fraction of sp³-hybridized carbons (Fsp3) is 0.273. The first-order valence-corrected chi connectivity index (χ1v) is 5.66. The molecule has 0 aliphatic carbocycles. The van der Waals surface area contributed by atoms with E-state index in [4.69, 9.17) is 14.7 Å². The van der Waals surface area contributed by atoms with E-state index in [1.165, 1.54) is 13.2 Å². The molecule has 1 aromatic rings. The van der Waals surface area contributed by atoms with Crippen LogP contribution in [0.3, 0.4) is 0 Å². The second kappa shape index (κ2) is 5.70. The van der Waals surface area contributed by atoms with Gasteiger partial charge in [0.2, 0.25) is 0 Å². The summed E-state index contributed by atoms with van der Waals surface area (Å²) in [5.74, 6) is 0.0602. The minimum absolute atomic E-state index is 0.300. The lowest BCUT2D eigenvalue weighted by Crippen LogP contribution is -2.08. The number of hydrogen-bond acceptors (Lipinski definition) is 4. The summed E-state index contributed by atoms with van der Waals surface area (Å²) in [6.45, 7) is 2.03. The van der Waals surface area contributed by atoms with Gasteiger partial charge in [0.15, 0.2) is 0 Å². The number of esters is 1. The summed E-state index contributed by atoms with van der Waals surface area (Å²) >= 11 is 1.99. The van der Waals surface area contributed by atoms with Crippen molar-refractivity contribution < 1.29 is 14.3 Å². The Labute approximate surface area is 107 Å². The first-order chi connectivity index (χ1) is 7.63. The van der Waals surface area contributed by atoms with Gasteiger partial charge in [0.05, 0.1) is 34.5 Å². The van der Waals surface area contributed by atoms with Crippen LogP contribution in [0.4, 0.5) is 0 Å². The molecule has 0 unspecified atom stereocenters. The lowest BCUT2D eigenvalue weighted by molar-refractivity contribution is 0.0524. The van der Waals surface area contributed by atoms with Crippen LogP contribution in [0.2, 0.25) is 0 Å². The molecule has 0 spiro atoms. The molecule has 0 radical (unpaired) electrons. The molecule has 0 amide bonds. The Hall–Kier alpha value is -1.29. The maximum atomic E-state index is 11.6. The minimum Gasteiger partial charge on any atom is -0.496 e. The summed E-state index contributed by atoms with van der Waals surface area (Å²) in [5, 5.41) is 8.82. The molecule has 0 atom stereocenters. The van der Waals surface area contributed by atoms with Gasteiger partial charge in [0.25, 0.3) is 0 Å². The monoisotopic (exact) mass is 331 g/mol. The van der Waals surface area contributed by atoms with E-state index < -0.39 is 5.97 Å². The van der Waals surface area contributed by atoms with E-state index in [1.807, 2.05) is 28.7 Å². The van der Waals surface area contributed by atoms with Gasteiger partial charge >= 0.3 is 5.97 Å². The number of nitriles is 1. The van der Waals surface area contributed by atoms with Crippen LogP contribution in [0.15, 0.2) is 12.1 Å². The molecule has 0 saturated heterocycles. The van der Waals surface area contributed by atoms with Crippen molar-refractivity contribution in [2.45, 2.75) is 6.92 Å². The molecule has 0 aliphatic rings. The van der Waals surface area contributed by atoms with Crippen molar-refractivity contribution in [1.29, 1.82) is 5.26 Å². The van der Waals surface area contributed by atoms with E-state index in [2.05, 4.69) is 0 Å². The smallest absolute Gasteiger partial charge is 0.339 e. The zero-order valence-corrected chi connectivity index (χ0v) is 11.1. The van der Waals surface area contributed by atoms with Gasteiger partial charge in [-0.15, -0.1) is 0 Å². The van der Waals surface area contributed by atoms with E-state index in [9.17, 15) is 4.79 Å². The van der Waals surface area contributed by atoms with Gasteiger partial charge in [-0.2, -0.15) is 5.26 Å². The van der Waals surface area contributed by atoms with E-state index in [0.717, 1.165) is 0 Å². The summed E-state index contributed by atoms with van der Waals surface area (Å²) in [6.07, 6.45) is 0. The Morgan fingerprint density at radius 1 is 1.56 bits per heavy atom. The summed E-state index contributed by atoms with van der Waals surface area (Å²) in [4.78, 5) is 11.6. The Bertz CT molecular complexity index is 451. The molecule has 0 fully saturated rings. The zero-order valence-electron chi connectivity index (χ0n) is 8.91. The molecule has 0 N–H and O–H groups in total. The minimum atomic E-state index is -0.442. The number of rotatable bonds is 3. The largest absolute Gasteiger partial charge is 0.496 e. The van der Waals surface area contributed by atoms with E-state index in [-0.39, 0.29) is 0 Å². The summed E-state index contributed by atoms with van der Waals surface area (Å²) in [7, 11) is 1.49. The third kappa shape index (κ3) is 2.64. The highest BCUT2D eigenvalue weighted by Crippen LogP contribution is 2.26. The maximum absolute atomic E-state index is 11.6. The van der Waals surface area contributed by atoms with E-state index in [1.54, 1.807) is 13.0 Å². The highest BCUT2D eigenvalue weighted by molar-refractivity contribution is 14.1. The number of benzene rings is 1. The molecule has 0 bridgehead atoms. The highest BCUT2D eigenvalue weighted by Gasteiger charge is 2.16. The molecule has 0 aromatic heterocycles. The number of hydrogen-bond donors (Lipinski definition) is 0. The van der Waals surface area contributed by atoms with Crippen LogP contribution in [-0.4, -0.2) is 19.7 Å². The molecule has 0 aliphatic heterocycles. The van der Waals surface area contributed by atoms with Crippen LogP contribution in [0.1, 0.15) is 22.8 Å². The second-order valence-electron chi connectivity index (χ2n) is 2.87. The van der Waals surface area contributed by atoms with Crippen LogP contribution < -0.4 is 4.74 Å². The van der Waals surface area contributed by atoms with Crippen molar-refractivity contribution in [3.05, 3.63) is 26.8 Å². The van der Waals surface area contributed by atoms with Gasteiger partial charge in [-0.3, -0.25) is 0 Å². The first kappa shape index (κ1) is 12.8. The number of ether oxygens (including phenoxy) is 2. The molecular weight excluding hydrogens is 321 g/mol. The van der Waals surface area contributed by atoms with E-state index >= 15 is 0 Å². The number of nitrogens with zero attached hydrogens (tertiary/aromatic N) is 1. The second-order valence-corrected chi connectivity index (χ2v) is 3.95. The van der Waals surface area contributed by atoms with Crippen molar-refractivity contribution >= 4 is 28.6 Å². The van der Waals surface area contributed by atoms with Gasteiger partial charge in [-0.05, 0) is 41.6 Å². The number of carbonyl (C=O) groups is 1. The lowest BCUT2D eigenvalue weighted by atomic mass is 10.1. The fourth-order valence-electron chi connectivity index (χ4n) is 1.17. The lowest BCUT2D eigenvalue weighted by Gasteiger charge is -2.09. The van der Waals surface area contributed by atoms with Crippen LogP contribution in [0, 0.1) is 14.9 Å². The molecule has 16 heavy (non-hydrogen) atoms. The number of carbonyl (C=O) groups excluding carboxylic acids is 1. The predicted octanol–water partition coefficient (Wildman–Crippen LogP) is 2.35. The van der Waals surface area contributed by atoms with Gasteiger partial charge < -0.3 is 9.47 Å². The Morgan fingerprint density at radius 2 is 2.25 bits per heavy atom. The number of halogens is 1. The third-order valence-corrected chi connectivity index (χ3v) is 3.00. The van der Waals surface area contributed by atoms with Crippen molar-refractivity contribution in [2.75, 3.05) is 13.7 Å². The van der Waals surface area contributed by atoms with Gasteiger partial charge in [-0.25, -0.2) is 4.79 Å². The van der Waals surface area contributed by atoms with Crippen molar-refractivity contribution in [3.63, 3.8) is 0 Å². The predicted molar refractivity (Wildman–Crippen MR) is 66.4 cm³/mol. The Balaban J connectivity index is 3.27. The van der Waals surface area contributed by atoms with Crippen molar-refractivity contribution in [2.24, 2.45) is 0 Å². The number of methoxy groups -OCH3 is 1. The standard InChI is InChI=1S/C11H10INO3/c1-3-16-11(14)8-4-7(6-13)5-9(15-2)10(8)12/h4-5H,3H2,1-2H3. The maximum Gasteiger partial charge on any atom is 0.339 e. The fourth-order valence-corrected chi connectivity index (χ4v) is 1.92. The van der Waals surface area contributed by atoms with Crippen molar-refractivity contribution in [1.82, 2.24) is 0 Å². The highest BCUT2D eigenvalue weighted by atomic mass is 127. The van der Waals surface area contributed by atoms with Gasteiger partial charge in [0, 0.05) is 0 Å². The molecule has 4 nitrogen and oxygen atoms in total. The molecule has 1 rings (SSSR count). The quantitative estimate of drug-likeness (QED) is 0.630. The molecular formula is C11H10INO3. The van der Waals surface area contributed by atoms with Crippen LogP contribution in [-0.2, 0) is 4.74 Å². The Morgan fingerprint density at radius 3 is 2.75 bits per heavy atom. The van der Waals surface area contributed by atoms with Gasteiger partial charge in [0.1, 0.15) is 5.75 Å². The van der Waals surface area contributed by atoms with Crippen LogP contribution >= 0.6 is 22.6 Å². The SMILES string of the molecule is CCOC(=O)c1cc(C#N)cc(OC)c1I. The average Bonchev–Trinajstić information content (AvgIpc) is 2.29. The molecule has 84 valence electrons. The van der Waals surface area contributed by atoms with Crippen LogP contribution in [0.5, 0.6) is 5.75 Å². The summed E-state index contributed by atoms with van der Waals surface area (Å²) in [6, 6.07) is 5.07. The topological polar surface area (TPSA) is 59.3 Å². The summed E-state index contributed by atoms with van der Waals surface area (Å²) in [5.41, 5.74) is 0.735. The third-order valence-electron chi connectivity index (χ3n) is 1.88. The Kier molecular flexibility index (Phi) is 4.55. The molecule has 0 saturated carbocycles. The van der Waals surface area contributed by atoms with Crippen molar-refractivity contribution in [3.8, 4) is 11.8 Å². The molecule has 0 heterocycles. The first-order valence-electron chi connectivity index (χ1n) is 4.58. The zero-order chi connectivity index (χ0) is 12.1. The molecule has 1 aromatic carbocycles. The van der Waals surface area contributed by atoms with Gasteiger partial charge in [-0.1, -0.05) is 0 Å². The summed E-state index contributed by atoms with van der Waals surface area (Å²) < 4.78 is 10.6.